The van der Waals surface area contributed by atoms with Crippen molar-refractivity contribution in [3.8, 4) is 0 Å². The Kier molecular flexibility index (Phi) is 3.68. The van der Waals surface area contributed by atoms with Crippen molar-refractivity contribution < 1.29 is 27.6 Å². The van der Waals surface area contributed by atoms with E-state index in [2.05, 4.69) is 5.32 Å². The molecule has 1 aromatic carbocycles. The van der Waals surface area contributed by atoms with Crippen LogP contribution in [0.5, 0.6) is 0 Å². The van der Waals surface area contributed by atoms with Crippen LogP contribution in [0.4, 0.5) is 18.9 Å². The van der Waals surface area contributed by atoms with Crippen LogP contribution in [0, 0.1) is 23.7 Å². The zero-order chi connectivity index (χ0) is 18.6. The second-order valence-electron chi connectivity index (χ2n) is 6.89. The summed E-state index contributed by atoms with van der Waals surface area (Å²) in [5, 5.41) is 2.33. The van der Waals surface area contributed by atoms with Gasteiger partial charge >= 0.3 is 6.18 Å². The maximum absolute atomic E-state index is 12.7. The van der Waals surface area contributed by atoms with E-state index in [9.17, 15) is 27.6 Å². The van der Waals surface area contributed by atoms with Gasteiger partial charge in [-0.25, -0.2) is 0 Å². The molecule has 8 heteroatoms. The summed E-state index contributed by atoms with van der Waals surface area (Å²) < 4.78 is 38.2. The molecule has 0 spiro atoms. The first kappa shape index (κ1) is 16.8. The Balaban J connectivity index is 1.45. The molecular weight excluding hydrogens is 349 g/mol. The average Bonchev–Trinajstić information content (AvgIpc) is 3.24. The van der Waals surface area contributed by atoms with Crippen LogP contribution in [0.3, 0.4) is 0 Å². The Hall–Kier alpha value is -2.64. The van der Waals surface area contributed by atoms with E-state index in [1.807, 2.05) is 12.2 Å². The fourth-order valence-electron chi connectivity index (χ4n) is 4.24. The Labute approximate surface area is 146 Å². The Morgan fingerprint density at radius 1 is 1.12 bits per heavy atom. The van der Waals surface area contributed by atoms with Crippen LogP contribution in [0.25, 0.3) is 0 Å². The first-order valence-corrected chi connectivity index (χ1v) is 8.26. The van der Waals surface area contributed by atoms with Crippen molar-refractivity contribution in [3.05, 3.63) is 42.0 Å². The van der Waals surface area contributed by atoms with Gasteiger partial charge in [0.1, 0.15) is 6.54 Å². The van der Waals surface area contributed by atoms with Crippen molar-refractivity contribution in [2.75, 3.05) is 11.9 Å². The van der Waals surface area contributed by atoms with Gasteiger partial charge in [0.25, 0.3) is 0 Å². The summed E-state index contributed by atoms with van der Waals surface area (Å²) in [6.07, 6.45) is 0.162. The Morgan fingerprint density at radius 3 is 2.31 bits per heavy atom. The number of hydrogen-bond acceptors (Lipinski definition) is 3. The minimum atomic E-state index is -4.52. The third-order valence-electron chi connectivity index (χ3n) is 5.34. The van der Waals surface area contributed by atoms with Crippen LogP contribution >= 0.6 is 0 Å². The van der Waals surface area contributed by atoms with Crippen molar-refractivity contribution in [3.63, 3.8) is 0 Å². The first-order valence-electron chi connectivity index (χ1n) is 8.26. The number of nitrogens with one attached hydrogen (secondary N) is 1. The molecule has 2 bridgehead atoms. The van der Waals surface area contributed by atoms with Gasteiger partial charge in [0.2, 0.25) is 17.7 Å². The first-order chi connectivity index (χ1) is 12.3. The zero-order valence-electron chi connectivity index (χ0n) is 13.5. The number of amides is 3. The lowest BCUT2D eigenvalue weighted by Gasteiger charge is -2.17. The summed E-state index contributed by atoms with van der Waals surface area (Å²) in [7, 11) is 0. The molecule has 3 aliphatic rings. The molecule has 1 saturated heterocycles. The molecule has 2 fully saturated rings. The third-order valence-corrected chi connectivity index (χ3v) is 5.34. The summed E-state index contributed by atoms with van der Waals surface area (Å²) in [5.74, 6) is -2.16. The van der Waals surface area contributed by atoms with E-state index in [4.69, 9.17) is 0 Å². The second-order valence-corrected chi connectivity index (χ2v) is 6.89. The smallest absolute Gasteiger partial charge is 0.325 e. The van der Waals surface area contributed by atoms with E-state index in [1.165, 1.54) is 12.1 Å². The van der Waals surface area contributed by atoms with E-state index in [0.717, 1.165) is 23.5 Å². The van der Waals surface area contributed by atoms with Gasteiger partial charge in [-0.1, -0.05) is 18.2 Å². The van der Waals surface area contributed by atoms with E-state index < -0.39 is 36.0 Å². The van der Waals surface area contributed by atoms with Crippen LogP contribution in [0.2, 0.25) is 0 Å². The highest BCUT2D eigenvalue weighted by Crippen LogP contribution is 2.52. The molecule has 3 amide bonds. The van der Waals surface area contributed by atoms with Crippen molar-refractivity contribution in [1.29, 1.82) is 0 Å². The summed E-state index contributed by atoms with van der Waals surface area (Å²) in [5.41, 5.74) is -0.924. The molecule has 0 radical (unpaired) electrons. The Bertz CT molecular complexity index is 803. The quantitative estimate of drug-likeness (QED) is 0.662. The monoisotopic (exact) mass is 364 g/mol. The molecule has 1 aliphatic heterocycles. The normalized spacial score (nSPS) is 29.4. The third kappa shape index (κ3) is 2.60. The average molecular weight is 364 g/mol. The maximum Gasteiger partial charge on any atom is 0.416 e. The molecule has 26 heavy (non-hydrogen) atoms. The molecular formula is C18H15F3N2O3. The van der Waals surface area contributed by atoms with Crippen LogP contribution < -0.4 is 5.32 Å². The van der Waals surface area contributed by atoms with E-state index in [1.54, 1.807) is 0 Å². The largest absolute Gasteiger partial charge is 0.416 e. The number of likely N-dealkylation sites (tertiary alicyclic amines) is 1. The van der Waals surface area contributed by atoms with Gasteiger partial charge in [0, 0.05) is 5.69 Å². The van der Waals surface area contributed by atoms with Crippen LogP contribution in [-0.2, 0) is 20.6 Å². The lowest BCUT2D eigenvalue weighted by Crippen LogP contribution is -2.39. The molecule has 1 saturated carbocycles. The molecule has 136 valence electrons. The zero-order valence-corrected chi connectivity index (χ0v) is 13.5. The highest BCUT2D eigenvalue weighted by molar-refractivity contribution is 6.09. The summed E-state index contributed by atoms with van der Waals surface area (Å²) in [4.78, 5) is 38.1. The topological polar surface area (TPSA) is 66.5 Å². The van der Waals surface area contributed by atoms with E-state index >= 15 is 0 Å². The maximum atomic E-state index is 12.7. The molecule has 4 rings (SSSR count). The predicted molar refractivity (Wildman–Crippen MR) is 84.5 cm³/mol. The molecule has 1 aromatic rings. The molecule has 0 aromatic heterocycles. The number of anilines is 1. The second kappa shape index (κ2) is 5.69. The number of benzene rings is 1. The number of hydrogen-bond donors (Lipinski definition) is 1. The number of carbonyl (C=O) groups is 3. The van der Waals surface area contributed by atoms with Gasteiger partial charge in [0.15, 0.2) is 0 Å². The highest BCUT2D eigenvalue weighted by atomic mass is 19.4. The van der Waals surface area contributed by atoms with Crippen molar-refractivity contribution >= 4 is 23.4 Å². The van der Waals surface area contributed by atoms with Crippen LogP contribution in [0.1, 0.15) is 12.0 Å². The number of nitrogens with zero attached hydrogens (tertiary/aromatic N) is 1. The molecule has 2 aliphatic carbocycles. The molecule has 0 unspecified atom stereocenters. The van der Waals surface area contributed by atoms with E-state index in [0.29, 0.717) is 0 Å². The fourth-order valence-corrected chi connectivity index (χ4v) is 4.24. The summed E-state index contributed by atoms with van der Waals surface area (Å²) >= 11 is 0. The highest BCUT2D eigenvalue weighted by Gasteiger charge is 2.59. The molecule has 4 atom stereocenters. The fraction of sp³-hybridized carbons (Fsp3) is 0.389. The standard InChI is InChI=1S/C18H15F3N2O3/c19-18(20,21)11-2-1-3-12(7-11)22-13(24)8-23-16(25)14-9-4-5-10(6-9)15(14)17(23)26/h1-5,7,9-10,14-15H,6,8H2,(H,22,24)/t9-,10+,14-,15+. The summed E-state index contributed by atoms with van der Waals surface area (Å²) in [6.45, 7) is -0.486. The van der Waals surface area contributed by atoms with Crippen molar-refractivity contribution in [1.82, 2.24) is 4.90 Å². The van der Waals surface area contributed by atoms with Gasteiger partial charge < -0.3 is 5.32 Å². The van der Waals surface area contributed by atoms with Gasteiger partial charge in [0.05, 0.1) is 17.4 Å². The minimum Gasteiger partial charge on any atom is -0.325 e. The van der Waals surface area contributed by atoms with E-state index in [-0.39, 0.29) is 29.3 Å². The number of halogens is 3. The van der Waals surface area contributed by atoms with Gasteiger partial charge in [-0.05, 0) is 36.5 Å². The van der Waals surface area contributed by atoms with Crippen LogP contribution in [-0.4, -0.2) is 29.2 Å². The van der Waals surface area contributed by atoms with Crippen molar-refractivity contribution in [2.45, 2.75) is 12.6 Å². The number of fused-ring (bicyclic) bond motifs is 5. The number of rotatable bonds is 3. The number of carbonyl (C=O) groups excluding carboxylic acids is 3. The minimum absolute atomic E-state index is 0.0362. The van der Waals surface area contributed by atoms with Gasteiger partial charge in [-0.3, -0.25) is 19.3 Å². The molecule has 1 heterocycles. The SMILES string of the molecule is O=C(CN1C(=O)[C@@H]2[C@H](C1=O)[C@@H]1C=C[C@H]2C1)Nc1cccc(C(F)(F)F)c1. The predicted octanol–water partition coefficient (Wildman–Crippen LogP) is 2.45. The lowest BCUT2D eigenvalue weighted by molar-refractivity contribution is -0.143. The number of allylic oxidation sites excluding steroid dienone is 2. The Morgan fingerprint density at radius 2 is 1.73 bits per heavy atom. The summed E-state index contributed by atoms with van der Waals surface area (Å²) in [6, 6.07) is 4.20. The number of alkyl halides is 3. The molecule has 5 nitrogen and oxygen atoms in total. The molecule has 1 N–H and O–H groups in total. The van der Waals surface area contributed by atoms with Crippen molar-refractivity contribution in [2.24, 2.45) is 23.7 Å². The van der Waals surface area contributed by atoms with Gasteiger partial charge in [-0.15, -0.1) is 0 Å². The lowest BCUT2D eigenvalue weighted by atomic mass is 9.85. The van der Waals surface area contributed by atoms with Crippen LogP contribution in [0.15, 0.2) is 36.4 Å². The van der Waals surface area contributed by atoms with Gasteiger partial charge in [-0.2, -0.15) is 13.2 Å². The number of imide groups is 1.